The first-order valence-electron chi connectivity index (χ1n) is 4.99. The maximum atomic E-state index is 11.8. The Morgan fingerprint density at radius 2 is 2.38 bits per heavy atom. The number of rotatable bonds is 5. The minimum atomic E-state index is -0.446. The van der Waals surface area contributed by atoms with Gasteiger partial charge in [-0.2, -0.15) is 0 Å². The zero-order chi connectivity index (χ0) is 12.1. The third kappa shape index (κ3) is 3.30. The zero-order valence-corrected chi connectivity index (χ0v) is 10.1. The molecule has 1 unspecified atom stereocenters. The van der Waals surface area contributed by atoms with Gasteiger partial charge in [-0.25, -0.2) is 0 Å². The maximum Gasteiger partial charge on any atom is 0.230 e. The number of nitrogens with zero attached hydrogens (tertiary/aromatic N) is 1. The summed E-state index contributed by atoms with van der Waals surface area (Å²) in [6.07, 6.45) is 1.52. The van der Waals surface area contributed by atoms with Crippen molar-refractivity contribution in [3.05, 3.63) is 18.0 Å². The van der Waals surface area contributed by atoms with Crippen LogP contribution in [0.2, 0.25) is 0 Å². The number of carbonyl (C=O) groups excluding carboxylic acids is 1. The number of thiocarbonyl (C=S) groups is 1. The summed E-state index contributed by atoms with van der Waals surface area (Å²) in [7, 11) is 0. The summed E-state index contributed by atoms with van der Waals surface area (Å²) in [5.74, 6) is 0.0443. The lowest BCUT2D eigenvalue weighted by molar-refractivity contribution is -0.124. The first-order valence-corrected chi connectivity index (χ1v) is 5.39. The van der Waals surface area contributed by atoms with Gasteiger partial charge in [0.25, 0.3) is 0 Å². The van der Waals surface area contributed by atoms with Crippen LogP contribution in [0.15, 0.2) is 16.8 Å². The molecule has 0 radical (unpaired) electrons. The third-order valence-corrected chi connectivity index (χ3v) is 2.44. The lowest BCUT2D eigenvalue weighted by Crippen LogP contribution is -2.40. The number of nitrogens with two attached hydrogens (primary N) is 1. The lowest BCUT2D eigenvalue weighted by atomic mass is 9.95. The van der Waals surface area contributed by atoms with Crippen molar-refractivity contribution in [1.82, 2.24) is 10.5 Å². The van der Waals surface area contributed by atoms with Crippen LogP contribution in [-0.2, 0) is 11.3 Å². The molecule has 0 fully saturated rings. The van der Waals surface area contributed by atoms with Gasteiger partial charge in [0, 0.05) is 6.07 Å². The molecule has 1 heterocycles. The number of amides is 1. The lowest BCUT2D eigenvalue weighted by Gasteiger charge is -2.18. The van der Waals surface area contributed by atoms with E-state index in [9.17, 15) is 4.79 Å². The molecule has 1 aromatic rings. The Kier molecular flexibility index (Phi) is 4.42. The summed E-state index contributed by atoms with van der Waals surface area (Å²) in [6.45, 7) is 4.10. The third-order valence-electron chi connectivity index (χ3n) is 2.18. The SMILES string of the molecule is CC(C)C(C(=O)NCc1ccno1)C(N)=S. The highest BCUT2D eigenvalue weighted by atomic mass is 32.1. The molecule has 16 heavy (non-hydrogen) atoms. The van der Waals surface area contributed by atoms with Crippen LogP contribution in [-0.4, -0.2) is 16.1 Å². The van der Waals surface area contributed by atoms with E-state index in [1.807, 2.05) is 13.8 Å². The van der Waals surface area contributed by atoms with Crippen LogP contribution in [0.5, 0.6) is 0 Å². The fourth-order valence-corrected chi connectivity index (χ4v) is 1.76. The monoisotopic (exact) mass is 241 g/mol. The molecule has 3 N–H and O–H groups in total. The Bertz CT molecular complexity index is 362. The van der Waals surface area contributed by atoms with Crippen LogP contribution in [0.1, 0.15) is 19.6 Å². The van der Waals surface area contributed by atoms with Crippen LogP contribution >= 0.6 is 12.2 Å². The summed E-state index contributed by atoms with van der Waals surface area (Å²) in [4.78, 5) is 12.0. The van der Waals surface area contributed by atoms with Gasteiger partial charge in [-0.1, -0.05) is 31.2 Å². The summed E-state index contributed by atoms with van der Waals surface area (Å²) in [5, 5.41) is 6.25. The Morgan fingerprint density at radius 1 is 1.69 bits per heavy atom. The molecular weight excluding hydrogens is 226 g/mol. The molecule has 0 spiro atoms. The van der Waals surface area contributed by atoms with Crippen LogP contribution in [0.4, 0.5) is 0 Å². The number of aromatic nitrogens is 1. The molecule has 0 aliphatic rings. The fourth-order valence-electron chi connectivity index (χ4n) is 1.38. The molecule has 0 bridgehead atoms. The standard InChI is InChI=1S/C10H15N3O2S/c1-6(2)8(9(11)16)10(14)12-5-7-3-4-13-15-7/h3-4,6,8H,5H2,1-2H3,(H2,11,16)(H,12,14). The van der Waals surface area contributed by atoms with Gasteiger partial charge in [-0.05, 0) is 5.92 Å². The number of carbonyl (C=O) groups is 1. The van der Waals surface area contributed by atoms with Crippen molar-refractivity contribution in [3.63, 3.8) is 0 Å². The molecule has 1 rings (SSSR count). The smallest absolute Gasteiger partial charge is 0.230 e. The first-order chi connectivity index (χ1) is 7.52. The van der Waals surface area contributed by atoms with E-state index >= 15 is 0 Å². The van der Waals surface area contributed by atoms with Crippen molar-refractivity contribution < 1.29 is 9.32 Å². The molecule has 1 aromatic heterocycles. The highest BCUT2D eigenvalue weighted by Gasteiger charge is 2.24. The van der Waals surface area contributed by atoms with E-state index in [4.69, 9.17) is 22.5 Å². The van der Waals surface area contributed by atoms with Gasteiger partial charge in [-0.3, -0.25) is 4.79 Å². The molecule has 0 saturated heterocycles. The minimum Gasteiger partial charge on any atom is -0.393 e. The Balaban J connectivity index is 2.53. The summed E-state index contributed by atoms with van der Waals surface area (Å²) >= 11 is 4.86. The minimum absolute atomic E-state index is 0.0761. The van der Waals surface area contributed by atoms with E-state index in [0.717, 1.165) is 0 Å². The summed E-state index contributed by atoms with van der Waals surface area (Å²) < 4.78 is 4.86. The average Bonchev–Trinajstić information content (AvgIpc) is 2.65. The van der Waals surface area contributed by atoms with E-state index in [2.05, 4.69) is 10.5 Å². The van der Waals surface area contributed by atoms with Gasteiger partial charge in [0.05, 0.1) is 23.6 Å². The van der Waals surface area contributed by atoms with Gasteiger partial charge in [-0.15, -0.1) is 0 Å². The van der Waals surface area contributed by atoms with Crippen molar-refractivity contribution in [3.8, 4) is 0 Å². The van der Waals surface area contributed by atoms with Gasteiger partial charge in [0.1, 0.15) is 0 Å². The van der Waals surface area contributed by atoms with Crippen molar-refractivity contribution >= 4 is 23.1 Å². The quantitative estimate of drug-likeness (QED) is 0.747. The Labute approximate surface area is 99.4 Å². The predicted octanol–water partition coefficient (Wildman–Crippen LogP) is 0.849. The molecule has 5 nitrogen and oxygen atoms in total. The first kappa shape index (κ1) is 12.6. The second-order valence-corrected chi connectivity index (χ2v) is 4.29. The molecule has 0 aliphatic carbocycles. The molecule has 0 aliphatic heterocycles. The molecule has 88 valence electrons. The molecule has 6 heteroatoms. The molecule has 1 atom stereocenters. The topological polar surface area (TPSA) is 81.2 Å². The summed E-state index contributed by atoms with van der Waals surface area (Å²) in [6, 6.07) is 1.69. The van der Waals surface area contributed by atoms with E-state index in [1.54, 1.807) is 6.07 Å². The maximum absolute atomic E-state index is 11.8. The molecule has 0 saturated carbocycles. The molecule has 1 amide bonds. The van der Waals surface area contributed by atoms with E-state index < -0.39 is 5.92 Å². The summed E-state index contributed by atoms with van der Waals surface area (Å²) in [5.41, 5.74) is 5.52. The van der Waals surface area contributed by atoms with Crippen LogP contribution in [0.3, 0.4) is 0 Å². The fraction of sp³-hybridized carbons (Fsp3) is 0.500. The second-order valence-electron chi connectivity index (χ2n) is 3.82. The van der Waals surface area contributed by atoms with Crippen molar-refractivity contribution in [2.75, 3.05) is 0 Å². The van der Waals surface area contributed by atoms with E-state index in [0.29, 0.717) is 12.3 Å². The molecule has 0 aromatic carbocycles. The molecular formula is C10H15N3O2S. The van der Waals surface area contributed by atoms with E-state index in [-0.39, 0.29) is 16.8 Å². The van der Waals surface area contributed by atoms with Gasteiger partial charge in [0.15, 0.2) is 5.76 Å². The van der Waals surface area contributed by atoms with Crippen LogP contribution in [0.25, 0.3) is 0 Å². The van der Waals surface area contributed by atoms with Gasteiger partial charge in [0.2, 0.25) is 5.91 Å². The van der Waals surface area contributed by atoms with Crippen LogP contribution in [0, 0.1) is 11.8 Å². The Morgan fingerprint density at radius 3 is 2.81 bits per heavy atom. The normalized spacial score (nSPS) is 12.4. The highest BCUT2D eigenvalue weighted by molar-refractivity contribution is 7.80. The van der Waals surface area contributed by atoms with Crippen molar-refractivity contribution in [2.24, 2.45) is 17.6 Å². The largest absolute Gasteiger partial charge is 0.393 e. The number of nitrogens with one attached hydrogen (secondary N) is 1. The zero-order valence-electron chi connectivity index (χ0n) is 9.27. The van der Waals surface area contributed by atoms with Gasteiger partial charge >= 0.3 is 0 Å². The highest BCUT2D eigenvalue weighted by Crippen LogP contribution is 2.11. The van der Waals surface area contributed by atoms with Crippen molar-refractivity contribution in [2.45, 2.75) is 20.4 Å². The van der Waals surface area contributed by atoms with Crippen molar-refractivity contribution in [1.29, 1.82) is 0 Å². The van der Waals surface area contributed by atoms with E-state index in [1.165, 1.54) is 6.20 Å². The van der Waals surface area contributed by atoms with Crippen LogP contribution < -0.4 is 11.1 Å². The number of hydrogen-bond donors (Lipinski definition) is 2. The second kappa shape index (κ2) is 5.60. The van der Waals surface area contributed by atoms with Gasteiger partial charge < -0.3 is 15.6 Å². The number of hydrogen-bond acceptors (Lipinski definition) is 4. The predicted molar refractivity (Wildman–Crippen MR) is 63.5 cm³/mol. The average molecular weight is 241 g/mol. The Hall–Kier alpha value is -1.43.